The van der Waals surface area contributed by atoms with Crippen LogP contribution in [0.1, 0.15) is 39.0 Å². The summed E-state index contributed by atoms with van der Waals surface area (Å²) in [5.74, 6) is 0.171. The Hall–Kier alpha value is -1.01. The molecule has 1 amide bonds. The molecule has 0 radical (unpaired) electrons. The second-order valence-corrected chi connectivity index (χ2v) is 3.39. The molecule has 1 rings (SSSR count). The molecule has 1 unspecified atom stereocenters. The molecule has 1 aliphatic heterocycles. The summed E-state index contributed by atoms with van der Waals surface area (Å²) < 4.78 is 0. The van der Waals surface area contributed by atoms with Gasteiger partial charge in [-0.3, -0.25) is 4.79 Å². The summed E-state index contributed by atoms with van der Waals surface area (Å²) in [5, 5.41) is 2.92. The van der Waals surface area contributed by atoms with Crippen molar-refractivity contribution in [1.82, 2.24) is 5.32 Å². The van der Waals surface area contributed by atoms with Gasteiger partial charge in [0.15, 0.2) is 0 Å². The maximum absolute atomic E-state index is 11.0. The molecule has 1 N–H and O–H groups in total. The molecule has 0 aromatic heterocycles. The van der Waals surface area contributed by atoms with Gasteiger partial charge in [0.25, 0.3) is 0 Å². The number of amides is 1. The molecular formula is C11H17NO. The van der Waals surface area contributed by atoms with Crippen molar-refractivity contribution in [3.05, 3.63) is 17.9 Å². The summed E-state index contributed by atoms with van der Waals surface area (Å²) in [5.41, 5.74) is 3.11. The molecular weight excluding hydrogens is 162 g/mol. The molecule has 2 nitrogen and oxygen atoms in total. The van der Waals surface area contributed by atoms with Gasteiger partial charge >= 0.3 is 0 Å². The lowest BCUT2D eigenvalue weighted by Gasteiger charge is -2.18. The van der Waals surface area contributed by atoms with E-state index in [-0.39, 0.29) is 11.9 Å². The Balaban J connectivity index is 2.35. The summed E-state index contributed by atoms with van der Waals surface area (Å²) in [6.45, 7) is 2.14. The second-order valence-electron chi connectivity index (χ2n) is 3.39. The fraction of sp³-hybridized carbons (Fsp3) is 0.636. The number of unbranched alkanes of at least 4 members (excludes halogenated alkanes) is 1. The fourth-order valence-electron chi connectivity index (χ4n) is 1.37. The summed E-state index contributed by atoms with van der Waals surface area (Å²) in [6.07, 6.45) is 8.95. The van der Waals surface area contributed by atoms with E-state index in [4.69, 9.17) is 0 Å². The van der Waals surface area contributed by atoms with Gasteiger partial charge in [-0.1, -0.05) is 13.3 Å². The molecule has 13 heavy (non-hydrogen) atoms. The highest BCUT2D eigenvalue weighted by molar-refractivity contribution is 5.77. The van der Waals surface area contributed by atoms with Crippen molar-refractivity contribution < 1.29 is 4.79 Å². The van der Waals surface area contributed by atoms with Crippen LogP contribution in [-0.2, 0) is 4.79 Å². The van der Waals surface area contributed by atoms with E-state index >= 15 is 0 Å². The third-order valence-electron chi connectivity index (χ3n) is 2.11. The van der Waals surface area contributed by atoms with Crippen molar-refractivity contribution in [1.29, 1.82) is 0 Å². The highest BCUT2D eigenvalue weighted by atomic mass is 16.1. The molecule has 0 aromatic carbocycles. The van der Waals surface area contributed by atoms with Crippen LogP contribution in [0.15, 0.2) is 17.9 Å². The zero-order valence-electron chi connectivity index (χ0n) is 8.18. The summed E-state index contributed by atoms with van der Waals surface area (Å²) in [4.78, 5) is 11.0. The van der Waals surface area contributed by atoms with Gasteiger partial charge < -0.3 is 5.32 Å². The van der Waals surface area contributed by atoms with Gasteiger partial charge in [-0.05, 0) is 31.4 Å². The number of hydrogen-bond acceptors (Lipinski definition) is 1. The lowest BCUT2D eigenvalue weighted by Crippen LogP contribution is -2.36. The zero-order valence-corrected chi connectivity index (χ0v) is 8.18. The molecule has 0 spiro atoms. The quantitative estimate of drug-likeness (QED) is 0.661. The fourth-order valence-corrected chi connectivity index (χ4v) is 1.37. The third-order valence-corrected chi connectivity index (χ3v) is 2.11. The van der Waals surface area contributed by atoms with E-state index < -0.39 is 0 Å². The van der Waals surface area contributed by atoms with E-state index in [9.17, 15) is 4.79 Å². The average Bonchev–Trinajstić information content (AvgIpc) is 2.13. The maximum atomic E-state index is 11.0. The van der Waals surface area contributed by atoms with Crippen LogP contribution in [-0.4, -0.2) is 11.9 Å². The molecule has 1 fully saturated rings. The normalized spacial score (nSPS) is 21.6. The number of piperidine rings is 1. The molecule has 1 heterocycles. The van der Waals surface area contributed by atoms with Crippen LogP contribution in [0.3, 0.4) is 0 Å². The Morgan fingerprint density at radius 2 is 2.54 bits per heavy atom. The highest BCUT2D eigenvalue weighted by Crippen LogP contribution is 2.08. The first kappa shape index (κ1) is 10.1. The van der Waals surface area contributed by atoms with Gasteiger partial charge in [0.1, 0.15) is 0 Å². The Morgan fingerprint density at radius 1 is 1.69 bits per heavy atom. The van der Waals surface area contributed by atoms with Crippen molar-refractivity contribution >= 4 is 5.91 Å². The van der Waals surface area contributed by atoms with Crippen molar-refractivity contribution in [3.63, 3.8) is 0 Å². The number of nitrogens with one attached hydrogen (secondary N) is 1. The predicted molar refractivity (Wildman–Crippen MR) is 53.3 cm³/mol. The average molecular weight is 179 g/mol. The van der Waals surface area contributed by atoms with E-state index in [1.165, 1.54) is 0 Å². The summed E-state index contributed by atoms with van der Waals surface area (Å²) >= 11 is 0. The molecule has 0 aromatic rings. The minimum atomic E-state index is 0.171. The first-order valence-corrected chi connectivity index (χ1v) is 5.03. The zero-order chi connectivity index (χ0) is 9.52. The van der Waals surface area contributed by atoms with Crippen LogP contribution in [0.4, 0.5) is 0 Å². The van der Waals surface area contributed by atoms with Crippen LogP contribution >= 0.6 is 0 Å². The van der Waals surface area contributed by atoms with E-state index in [1.807, 2.05) is 12.2 Å². The van der Waals surface area contributed by atoms with E-state index in [0.29, 0.717) is 6.42 Å². The number of carbonyl (C=O) groups is 1. The van der Waals surface area contributed by atoms with Gasteiger partial charge in [-0.15, -0.1) is 5.73 Å². The monoisotopic (exact) mass is 179 g/mol. The lowest BCUT2D eigenvalue weighted by molar-refractivity contribution is -0.122. The predicted octanol–water partition coefficient (Wildman–Crippen LogP) is 2.17. The SMILES string of the molecule is CCCC=C=CC1CCCC(=O)N1. The summed E-state index contributed by atoms with van der Waals surface area (Å²) in [6, 6.07) is 0.217. The Kier molecular flexibility index (Phi) is 4.34. The minimum Gasteiger partial charge on any atom is -0.349 e. The molecule has 1 aliphatic rings. The lowest BCUT2D eigenvalue weighted by atomic mass is 10.0. The summed E-state index contributed by atoms with van der Waals surface area (Å²) in [7, 11) is 0. The van der Waals surface area contributed by atoms with E-state index in [2.05, 4.69) is 18.0 Å². The van der Waals surface area contributed by atoms with E-state index in [1.54, 1.807) is 0 Å². The van der Waals surface area contributed by atoms with Crippen LogP contribution < -0.4 is 5.32 Å². The van der Waals surface area contributed by atoms with Crippen LogP contribution in [0.2, 0.25) is 0 Å². The Morgan fingerprint density at radius 3 is 3.23 bits per heavy atom. The number of hydrogen-bond donors (Lipinski definition) is 1. The molecule has 0 saturated carbocycles. The van der Waals surface area contributed by atoms with Gasteiger partial charge in [-0.2, -0.15) is 0 Å². The van der Waals surface area contributed by atoms with Crippen molar-refractivity contribution in [3.8, 4) is 0 Å². The molecule has 72 valence electrons. The van der Waals surface area contributed by atoms with Gasteiger partial charge in [0.05, 0.1) is 6.04 Å². The van der Waals surface area contributed by atoms with E-state index in [0.717, 1.165) is 25.7 Å². The Bertz CT molecular complexity index is 226. The highest BCUT2D eigenvalue weighted by Gasteiger charge is 2.14. The van der Waals surface area contributed by atoms with Crippen molar-refractivity contribution in [2.24, 2.45) is 0 Å². The van der Waals surface area contributed by atoms with Crippen molar-refractivity contribution in [2.75, 3.05) is 0 Å². The first-order chi connectivity index (χ1) is 6.33. The molecule has 1 saturated heterocycles. The van der Waals surface area contributed by atoms with Gasteiger partial charge in [0.2, 0.25) is 5.91 Å². The standard InChI is InChI=1S/C11H17NO/c1-2-3-4-5-7-10-8-6-9-11(13)12-10/h4,7,10H,2-3,6,8-9H2,1H3,(H,12,13). The van der Waals surface area contributed by atoms with Crippen LogP contribution in [0.5, 0.6) is 0 Å². The maximum Gasteiger partial charge on any atom is 0.220 e. The van der Waals surface area contributed by atoms with Gasteiger partial charge in [-0.25, -0.2) is 0 Å². The minimum absolute atomic E-state index is 0.171. The third kappa shape index (κ3) is 3.95. The smallest absolute Gasteiger partial charge is 0.220 e. The molecule has 0 bridgehead atoms. The van der Waals surface area contributed by atoms with Crippen LogP contribution in [0.25, 0.3) is 0 Å². The van der Waals surface area contributed by atoms with Gasteiger partial charge in [0, 0.05) is 6.42 Å². The van der Waals surface area contributed by atoms with Crippen LogP contribution in [0, 0.1) is 0 Å². The molecule has 2 heteroatoms. The number of carbonyl (C=O) groups excluding carboxylic acids is 1. The topological polar surface area (TPSA) is 29.1 Å². The second kappa shape index (κ2) is 5.60. The molecule has 0 aliphatic carbocycles. The Labute approximate surface area is 79.7 Å². The largest absolute Gasteiger partial charge is 0.349 e. The van der Waals surface area contributed by atoms with Crippen molar-refractivity contribution in [2.45, 2.75) is 45.1 Å². The molecule has 1 atom stereocenters. The first-order valence-electron chi connectivity index (χ1n) is 5.03. The number of rotatable bonds is 3.